The highest BCUT2D eigenvalue weighted by molar-refractivity contribution is 5.67. The van der Waals surface area contributed by atoms with Gasteiger partial charge in [0.25, 0.3) is 0 Å². The van der Waals surface area contributed by atoms with Crippen molar-refractivity contribution >= 4 is 6.08 Å². The fourth-order valence-corrected chi connectivity index (χ4v) is 5.34. The van der Waals surface area contributed by atoms with Gasteiger partial charge in [-0.05, 0) is 80.0 Å². The highest BCUT2D eigenvalue weighted by Crippen LogP contribution is 2.39. The number of rotatable bonds is 10. The van der Waals surface area contributed by atoms with Gasteiger partial charge < -0.3 is 4.74 Å². The van der Waals surface area contributed by atoms with Gasteiger partial charge >= 0.3 is 0 Å². The normalized spacial score (nSPS) is 17.7. The Morgan fingerprint density at radius 2 is 1.50 bits per heavy atom. The molecule has 202 valence electrons. The van der Waals surface area contributed by atoms with Crippen LogP contribution in [0, 0.1) is 29.2 Å². The number of halogens is 4. The molecule has 1 aliphatic carbocycles. The van der Waals surface area contributed by atoms with Crippen LogP contribution >= 0.6 is 0 Å². The first-order valence-corrected chi connectivity index (χ1v) is 13.8. The molecule has 0 atom stereocenters. The largest absolute Gasteiger partial charge is 0.491 e. The van der Waals surface area contributed by atoms with E-state index in [1.807, 2.05) is 30.3 Å². The van der Waals surface area contributed by atoms with Crippen LogP contribution in [0.25, 0.3) is 17.2 Å². The van der Waals surface area contributed by atoms with E-state index in [2.05, 4.69) is 6.92 Å². The summed E-state index contributed by atoms with van der Waals surface area (Å²) in [7, 11) is 0. The highest BCUT2D eigenvalue weighted by Gasteiger charge is 2.26. The van der Waals surface area contributed by atoms with Crippen LogP contribution in [0.2, 0.25) is 0 Å². The smallest absolute Gasteiger partial charge is 0.200 e. The Balaban J connectivity index is 1.38. The second-order valence-corrected chi connectivity index (χ2v) is 10.2. The van der Waals surface area contributed by atoms with Gasteiger partial charge in [0.2, 0.25) is 5.82 Å². The highest BCUT2D eigenvalue weighted by atomic mass is 19.2. The Hall–Kier alpha value is -3.08. The maximum atomic E-state index is 15.0. The predicted octanol–water partition coefficient (Wildman–Crippen LogP) is 10.0. The van der Waals surface area contributed by atoms with Crippen LogP contribution in [-0.4, -0.2) is 6.61 Å². The summed E-state index contributed by atoms with van der Waals surface area (Å²) in [6.45, 7) is 4.16. The molecule has 0 spiro atoms. The fraction of sp³-hybridized carbons (Fsp3) is 0.394. The zero-order valence-corrected chi connectivity index (χ0v) is 22.2. The quantitative estimate of drug-likeness (QED) is 0.189. The third-order valence-electron chi connectivity index (χ3n) is 7.58. The Labute approximate surface area is 223 Å². The van der Waals surface area contributed by atoms with Crippen molar-refractivity contribution in [3.05, 3.63) is 94.6 Å². The number of ether oxygens (including phenoxy) is 1. The van der Waals surface area contributed by atoms with Gasteiger partial charge in [-0.15, -0.1) is 0 Å². The zero-order valence-electron chi connectivity index (χ0n) is 22.2. The maximum Gasteiger partial charge on any atom is 0.200 e. The van der Waals surface area contributed by atoms with Crippen molar-refractivity contribution in [1.29, 1.82) is 0 Å². The van der Waals surface area contributed by atoms with Gasteiger partial charge in [0.15, 0.2) is 23.2 Å². The third-order valence-corrected chi connectivity index (χ3v) is 7.58. The molecule has 0 amide bonds. The lowest BCUT2D eigenvalue weighted by Gasteiger charge is -2.27. The molecule has 1 fully saturated rings. The summed E-state index contributed by atoms with van der Waals surface area (Å²) in [5, 5.41) is 0. The number of unbranched alkanes of at least 4 members (excludes halogenated alkanes) is 2. The second kappa shape index (κ2) is 13.1. The van der Waals surface area contributed by atoms with E-state index in [0.29, 0.717) is 24.0 Å². The Morgan fingerprint density at radius 1 is 0.763 bits per heavy atom. The number of benzene rings is 3. The monoisotopic (exact) mass is 524 g/mol. The summed E-state index contributed by atoms with van der Waals surface area (Å²) >= 11 is 0. The average molecular weight is 525 g/mol. The lowest BCUT2D eigenvalue weighted by atomic mass is 9.78. The van der Waals surface area contributed by atoms with Gasteiger partial charge in [-0.1, -0.05) is 74.4 Å². The molecule has 0 bridgehead atoms. The molecule has 0 aliphatic heterocycles. The second-order valence-electron chi connectivity index (χ2n) is 10.2. The number of hydrogen-bond donors (Lipinski definition) is 0. The van der Waals surface area contributed by atoms with E-state index >= 15 is 0 Å². The van der Waals surface area contributed by atoms with Crippen LogP contribution in [0.1, 0.15) is 81.4 Å². The lowest BCUT2D eigenvalue weighted by Crippen LogP contribution is -2.14. The lowest BCUT2D eigenvalue weighted by molar-refractivity contribution is 0.310. The van der Waals surface area contributed by atoms with Crippen molar-refractivity contribution in [1.82, 2.24) is 0 Å². The number of aryl methyl sites for hydroxylation is 1. The minimum atomic E-state index is -0.935. The molecule has 0 heterocycles. The van der Waals surface area contributed by atoms with Gasteiger partial charge in [0.1, 0.15) is 0 Å². The summed E-state index contributed by atoms with van der Waals surface area (Å²) in [6, 6.07) is 14.0. The van der Waals surface area contributed by atoms with Gasteiger partial charge in [-0.2, -0.15) is 4.39 Å². The van der Waals surface area contributed by atoms with Crippen LogP contribution in [-0.2, 0) is 6.42 Å². The zero-order chi connectivity index (χ0) is 27.1. The van der Waals surface area contributed by atoms with E-state index in [4.69, 9.17) is 4.74 Å². The molecule has 0 N–H and O–H groups in total. The van der Waals surface area contributed by atoms with Gasteiger partial charge in [-0.25, -0.2) is 13.2 Å². The molecule has 1 aliphatic rings. The van der Waals surface area contributed by atoms with Crippen LogP contribution in [0.15, 0.2) is 54.6 Å². The van der Waals surface area contributed by atoms with E-state index in [-0.39, 0.29) is 35.3 Å². The summed E-state index contributed by atoms with van der Waals surface area (Å²) < 4.78 is 63.9. The van der Waals surface area contributed by atoms with Crippen LogP contribution < -0.4 is 4.74 Å². The third kappa shape index (κ3) is 6.48. The van der Waals surface area contributed by atoms with Crippen LogP contribution in [0.5, 0.6) is 5.75 Å². The molecule has 1 saturated carbocycles. The van der Waals surface area contributed by atoms with E-state index in [1.54, 1.807) is 31.2 Å². The molecular formula is C33H36F4O. The molecule has 0 saturated heterocycles. The first-order chi connectivity index (χ1) is 18.4. The van der Waals surface area contributed by atoms with Crippen molar-refractivity contribution in [2.45, 2.75) is 71.1 Å². The molecule has 0 aromatic heterocycles. The Morgan fingerprint density at radius 3 is 2.18 bits per heavy atom. The Kier molecular flexibility index (Phi) is 9.65. The first-order valence-electron chi connectivity index (χ1n) is 13.8. The van der Waals surface area contributed by atoms with Crippen molar-refractivity contribution in [3.8, 4) is 16.9 Å². The van der Waals surface area contributed by atoms with Gasteiger partial charge in [0.05, 0.1) is 6.61 Å². The topological polar surface area (TPSA) is 9.23 Å². The van der Waals surface area contributed by atoms with Crippen molar-refractivity contribution in [2.24, 2.45) is 5.92 Å². The average Bonchev–Trinajstić information content (AvgIpc) is 2.93. The molecule has 0 radical (unpaired) electrons. The molecule has 38 heavy (non-hydrogen) atoms. The van der Waals surface area contributed by atoms with E-state index in [9.17, 15) is 17.6 Å². The van der Waals surface area contributed by atoms with E-state index < -0.39 is 23.3 Å². The minimum Gasteiger partial charge on any atom is -0.491 e. The fourth-order valence-electron chi connectivity index (χ4n) is 5.34. The van der Waals surface area contributed by atoms with Gasteiger partial charge in [-0.3, -0.25) is 0 Å². The van der Waals surface area contributed by atoms with Crippen LogP contribution in [0.3, 0.4) is 0 Å². The van der Waals surface area contributed by atoms with Crippen LogP contribution in [0.4, 0.5) is 17.6 Å². The van der Waals surface area contributed by atoms with Crippen molar-refractivity contribution in [3.63, 3.8) is 0 Å². The maximum absolute atomic E-state index is 15.0. The summed E-state index contributed by atoms with van der Waals surface area (Å²) in [6.07, 6.45) is 10.9. The Bertz CT molecular complexity index is 1240. The summed E-state index contributed by atoms with van der Waals surface area (Å²) in [5.74, 6) is -3.44. The van der Waals surface area contributed by atoms with Crippen molar-refractivity contribution < 1.29 is 22.3 Å². The molecule has 5 heteroatoms. The summed E-state index contributed by atoms with van der Waals surface area (Å²) in [4.78, 5) is 0. The van der Waals surface area contributed by atoms with E-state index in [1.165, 1.54) is 18.1 Å². The van der Waals surface area contributed by atoms with Gasteiger partial charge in [0, 0.05) is 11.1 Å². The molecule has 4 rings (SSSR count). The molecule has 0 unspecified atom stereocenters. The number of allylic oxidation sites excluding steroid dienone is 1. The number of hydrogen-bond acceptors (Lipinski definition) is 1. The van der Waals surface area contributed by atoms with Crippen molar-refractivity contribution in [2.75, 3.05) is 6.61 Å². The predicted molar refractivity (Wildman–Crippen MR) is 146 cm³/mol. The minimum absolute atomic E-state index is 0.0647. The van der Waals surface area contributed by atoms with E-state index in [0.717, 1.165) is 32.1 Å². The SMILES string of the molecule is CCCCCc1ccc(-c2ccc(C=CC3CCC(c4ccc(OCC)c(F)c4F)CC3)c(F)c2F)cc1. The molecule has 1 nitrogen and oxygen atoms in total. The molecule has 3 aromatic carbocycles. The standard InChI is InChI=1S/C33H36F4O/c1-3-5-6-7-22-8-13-24(14-9-22)27-19-18-26(30(34)31(27)35)17-12-23-10-15-25(16-11-23)28-20-21-29(38-4-2)33(37)32(28)36/h8-9,12-14,17-21,23,25H,3-7,10-11,15-16H2,1-2H3. The first kappa shape index (κ1) is 27.9. The molecular weight excluding hydrogens is 488 g/mol. The molecule has 3 aromatic rings. The summed E-state index contributed by atoms with van der Waals surface area (Å²) in [5.41, 5.74) is 2.71.